The molecule has 2 N–H and O–H groups in total. The number of carbonyl (C=O) groups is 2. The van der Waals surface area contributed by atoms with Crippen LogP contribution in [0.15, 0.2) is 30.3 Å². The van der Waals surface area contributed by atoms with Crippen LogP contribution >= 0.6 is 11.3 Å². The van der Waals surface area contributed by atoms with Gasteiger partial charge in [0.25, 0.3) is 11.8 Å². The van der Waals surface area contributed by atoms with Gasteiger partial charge in [-0.3, -0.25) is 20.4 Å². The maximum atomic E-state index is 12.9. The Balaban J connectivity index is 1.39. The number of rotatable bonds is 4. The average Bonchev–Trinajstić information content (AvgIpc) is 3.32. The third kappa shape index (κ3) is 4.81. The zero-order chi connectivity index (χ0) is 23.5. The lowest BCUT2D eigenvalue weighted by atomic mass is 10.1. The highest BCUT2D eigenvalue weighted by atomic mass is 32.1. The monoisotopic (exact) mass is 482 g/mol. The summed E-state index contributed by atoms with van der Waals surface area (Å²) >= 11 is 1.32. The fraction of sp³-hybridized carbons (Fsp3) is 0.391. The molecule has 3 aromatic rings. The van der Waals surface area contributed by atoms with Gasteiger partial charge in [0.15, 0.2) is 5.82 Å². The molecule has 2 aliphatic heterocycles. The molecule has 1 aromatic carbocycles. The van der Waals surface area contributed by atoms with E-state index in [-0.39, 0.29) is 5.91 Å². The third-order valence-electron chi connectivity index (χ3n) is 5.77. The summed E-state index contributed by atoms with van der Waals surface area (Å²) in [5.41, 5.74) is 7.23. The Kier molecular flexibility index (Phi) is 6.57. The minimum absolute atomic E-state index is 0.377. The van der Waals surface area contributed by atoms with E-state index in [0.717, 1.165) is 42.3 Å². The Morgan fingerprint density at radius 1 is 0.882 bits per heavy atom. The van der Waals surface area contributed by atoms with Crippen molar-refractivity contribution < 1.29 is 19.1 Å². The first-order valence-corrected chi connectivity index (χ1v) is 12.0. The van der Waals surface area contributed by atoms with Gasteiger partial charge in [-0.05, 0) is 25.1 Å². The highest BCUT2D eigenvalue weighted by Gasteiger charge is 2.24. The highest BCUT2D eigenvalue weighted by Crippen LogP contribution is 2.34. The van der Waals surface area contributed by atoms with Crippen LogP contribution in [0.25, 0.3) is 10.2 Å². The van der Waals surface area contributed by atoms with E-state index in [9.17, 15) is 9.59 Å². The van der Waals surface area contributed by atoms with Crippen molar-refractivity contribution >= 4 is 45.1 Å². The number of hydrazine groups is 1. The zero-order valence-corrected chi connectivity index (χ0v) is 19.7. The first-order chi connectivity index (χ1) is 16.6. The van der Waals surface area contributed by atoms with E-state index in [1.165, 1.54) is 11.3 Å². The van der Waals surface area contributed by atoms with Crippen LogP contribution in [-0.2, 0) is 9.47 Å². The van der Waals surface area contributed by atoms with Crippen molar-refractivity contribution in [2.45, 2.75) is 6.92 Å². The molecular formula is C23H26N6O4S. The number of morpholine rings is 2. The molecule has 0 saturated carbocycles. The SMILES string of the molecule is Cc1ccc(C(=O)NNC(=O)c2cc3nc(N4CCOCC4)nc(N4CCOCC4)c3s2)cc1. The van der Waals surface area contributed by atoms with E-state index in [1.807, 2.05) is 19.1 Å². The predicted molar refractivity (Wildman–Crippen MR) is 130 cm³/mol. The van der Waals surface area contributed by atoms with Crippen LogP contribution in [0.2, 0.25) is 0 Å². The van der Waals surface area contributed by atoms with Crippen molar-refractivity contribution in [2.75, 3.05) is 62.4 Å². The van der Waals surface area contributed by atoms with Gasteiger partial charge < -0.3 is 19.3 Å². The van der Waals surface area contributed by atoms with Crippen molar-refractivity contribution in [1.29, 1.82) is 0 Å². The van der Waals surface area contributed by atoms with Crippen LogP contribution in [0.3, 0.4) is 0 Å². The van der Waals surface area contributed by atoms with E-state index in [4.69, 9.17) is 19.4 Å². The number of nitrogens with zero attached hydrogens (tertiary/aromatic N) is 4. The maximum Gasteiger partial charge on any atom is 0.279 e. The fourth-order valence-corrected chi connectivity index (χ4v) is 4.87. The standard InChI is InChI=1S/C23H26N6O4S/c1-15-2-4-16(5-3-15)21(30)26-27-22(31)18-14-17-19(34-18)20(28-6-10-32-11-7-28)25-23(24-17)29-8-12-33-13-9-29/h2-5,14H,6-13H2,1H3,(H,26,30)(H,27,31). The number of carbonyl (C=O) groups excluding carboxylic acids is 2. The van der Waals surface area contributed by atoms with Gasteiger partial charge in [-0.1, -0.05) is 17.7 Å². The van der Waals surface area contributed by atoms with E-state index >= 15 is 0 Å². The Hall–Kier alpha value is -3.28. The second-order valence-electron chi connectivity index (χ2n) is 8.15. The molecule has 178 valence electrons. The van der Waals surface area contributed by atoms with Crippen LogP contribution in [0, 0.1) is 6.92 Å². The van der Waals surface area contributed by atoms with Crippen molar-refractivity contribution in [1.82, 2.24) is 20.8 Å². The van der Waals surface area contributed by atoms with Crippen molar-refractivity contribution in [3.05, 3.63) is 46.3 Å². The molecule has 2 fully saturated rings. The largest absolute Gasteiger partial charge is 0.378 e. The van der Waals surface area contributed by atoms with Gasteiger partial charge in [-0.25, -0.2) is 4.98 Å². The van der Waals surface area contributed by atoms with E-state index in [0.29, 0.717) is 48.3 Å². The molecule has 2 amide bonds. The molecule has 0 radical (unpaired) electrons. The zero-order valence-electron chi connectivity index (χ0n) is 18.9. The van der Waals surface area contributed by atoms with Crippen LogP contribution in [-0.4, -0.2) is 74.4 Å². The number of anilines is 2. The topological polar surface area (TPSA) is 109 Å². The molecule has 11 heteroatoms. The molecule has 4 heterocycles. The van der Waals surface area contributed by atoms with Gasteiger partial charge in [0.2, 0.25) is 5.95 Å². The van der Waals surface area contributed by atoms with E-state index < -0.39 is 5.91 Å². The number of thiophene rings is 1. The van der Waals surface area contributed by atoms with Gasteiger partial charge in [0.1, 0.15) is 0 Å². The number of hydrogen-bond acceptors (Lipinski definition) is 9. The lowest BCUT2D eigenvalue weighted by Gasteiger charge is -2.30. The Morgan fingerprint density at radius 3 is 2.18 bits per heavy atom. The quantitative estimate of drug-likeness (QED) is 0.542. The first-order valence-electron chi connectivity index (χ1n) is 11.2. The van der Waals surface area contributed by atoms with Gasteiger partial charge in [0, 0.05) is 31.7 Å². The number of hydrogen-bond donors (Lipinski definition) is 2. The number of nitrogens with one attached hydrogen (secondary N) is 2. The van der Waals surface area contributed by atoms with Crippen molar-refractivity contribution in [3.8, 4) is 0 Å². The van der Waals surface area contributed by atoms with Gasteiger partial charge in [0.05, 0.1) is 41.5 Å². The van der Waals surface area contributed by atoms with Gasteiger partial charge in [-0.15, -0.1) is 11.3 Å². The van der Waals surface area contributed by atoms with Crippen molar-refractivity contribution in [2.24, 2.45) is 0 Å². The normalized spacial score (nSPS) is 16.5. The third-order valence-corrected chi connectivity index (χ3v) is 6.89. The summed E-state index contributed by atoms with van der Waals surface area (Å²) in [5.74, 6) is 0.666. The average molecular weight is 483 g/mol. The molecule has 0 aliphatic carbocycles. The molecule has 5 rings (SSSR count). The molecule has 2 aliphatic rings. The van der Waals surface area contributed by atoms with Crippen LogP contribution in [0.1, 0.15) is 25.6 Å². The fourth-order valence-electron chi connectivity index (χ4n) is 3.86. The highest BCUT2D eigenvalue weighted by molar-refractivity contribution is 7.21. The molecule has 0 atom stereocenters. The summed E-state index contributed by atoms with van der Waals surface area (Å²) < 4.78 is 11.8. The number of amides is 2. The Labute approximate surface area is 200 Å². The lowest BCUT2D eigenvalue weighted by molar-refractivity contribution is 0.0849. The predicted octanol–water partition coefficient (Wildman–Crippen LogP) is 1.75. The number of fused-ring (bicyclic) bond motifs is 1. The molecule has 34 heavy (non-hydrogen) atoms. The number of benzene rings is 1. The minimum atomic E-state index is -0.399. The summed E-state index contributed by atoms with van der Waals surface area (Å²) in [7, 11) is 0. The molecule has 2 saturated heterocycles. The second-order valence-corrected chi connectivity index (χ2v) is 9.20. The second kappa shape index (κ2) is 9.92. The maximum absolute atomic E-state index is 12.9. The molecular weight excluding hydrogens is 456 g/mol. The molecule has 2 aromatic heterocycles. The van der Waals surface area contributed by atoms with Crippen LogP contribution in [0.4, 0.5) is 11.8 Å². The van der Waals surface area contributed by atoms with E-state index in [1.54, 1.807) is 18.2 Å². The summed E-state index contributed by atoms with van der Waals surface area (Å²) in [6.07, 6.45) is 0. The molecule has 0 spiro atoms. The summed E-state index contributed by atoms with van der Waals surface area (Å²) in [5, 5.41) is 0. The molecule has 0 bridgehead atoms. The number of aryl methyl sites for hydroxylation is 1. The van der Waals surface area contributed by atoms with Crippen molar-refractivity contribution in [3.63, 3.8) is 0 Å². The van der Waals surface area contributed by atoms with Gasteiger partial charge >= 0.3 is 0 Å². The summed E-state index contributed by atoms with van der Waals surface area (Å²) in [6.45, 7) is 7.35. The Bertz CT molecular complexity index is 1190. The Morgan fingerprint density at radius 2 is 1.50 bits per heavy atom. The minimum Gasteiger partial charge on any atom is -0.378 e. The van der Waals surface area contributed by atoms with Gasteiger partial charge in [-0.2, -0.15) is 4.98 Å². The van der Waals surface area contributed by atoms with E-state index in [2.05, 4.69) is 20.7 Å². The van der Waals surface area contributed by atoms with Crippen LogP contribution in [0.5, 0.6) is 0 Å². The summed E-state index contributed by atoms with van der Waals surface area (Å²) in [6, 6.07) is 8.88. The first kappa shape index (κ1) is 22.5. The number of aromatic nitrogens is 2. The molecule has 10 nitrogen and oxygen atoms in total. The lowest BCUT2D eigenvalue weighted by Crippen LogP contribution is -2.41. The summed E-state index contributed by atoms with van der Waals surface area (Å²) in [4.78, 5) is 39.6. The molecule has 0 unspecified atom stereocenters. The van der Waals surface area contributed by atoms with Crippen LogP contribution < -0.4 is 20.7 Å². The number of ether oxygens (including phenoxy) is 2. The smallest absolute Gasteiger partial charge is 0.279 e.